The molecule has 37 heavy (non-hydrogen) atoms. The second-order valence-electron chi connectivity index (χ2n) is 8.44. The van der Waals surface area contributed by atoms with E-state index in [1.165, 1.54) is 25.4 Å². The van der Waals surface area contributed by atoms with Gasteiger partial charge in [-0.25, -0.2) is 0 Å². The molecule has 0 unspecified atom stereocenters. The van der Waals surface area contributed by atoms with Crippen molar-refractivity contribution in [2.75, 3.05) is 13.7 Å². The minimum absolute atomic E-state index is 0.137. The zero-order chi connectivity index (χ0) is 26.8. The molecule has 3 rings (SSSR count). The minimum atomic E-state index is -4.50. The summed E-state index contributed by atoms with van der Waals surface area (Å²) in [6.07, 6.45) is -0.898. The van der Waals surface area contributed by atoms with Crippen molar-refractivity contribution in [3.05, 3.63) is 83.2 Å². The van der Waals surface area contributed by atoms with Gasteiger partial charge in [0.25, 0.3) is 5.91 Å². The molecule has 196 valence electrons. The zero-order valence-corrected chi connectivity index (χ0v) is 20.7. The first-order chi connectivity index (χ1) is 17.7. The minimum Gasteiger partial charge on any atom is -0.493 e. The summed E-state index contributed by atoms with van der Waals surface area (Å²) in [5.74, 6) is 0.803. The fourth-order valence-electron chi connectivity index (χ4n) is 3.53. The van der Waals surface area contributed by atoms with Crippen molar-refractivity contribution >= 4 is 11.7 Å². The Morgan fingerprint density at radius 1 is 1.00 bits per heavy atom. The molecule has 2 aromatic carbocycles. The van der Waals surface area contributed by atoms with Gasteiger partial charge in [-0.2, -0.15) is 13.2 Å². The summed E-state index contributed by atoms with van der Waals surface area (Å²) in [7, 11) is 1.51. The monoisotopic (exact) mass is 514 g/mol. The van der Waals surface area contributed by atoms with Crippen molar-refractivity contribution in [3.8, 4) is 17.2 Å². The molecule has 0 aliphatic rings. The smallest absolute Gasteiger partial charge is 0.416 e. The Bertz CT molecular complexity index is 1210. The third-order valence-corrected chi connectivity index (χ3v) is 5.57. The van der Waals surface area contributed by atoms with Gasteiger partial charge in [-0.1, -0.05) is 25.5 Å². The number of rotatable bonds is 12. The normalized spacial score (nSPS) is 11.2. The van der Waals surface area contributed by atoms with Gasteiger partial charge in [0.1, 0.15) is 28.7 Å². The lowest BCUT2D eigenvalue weighted by atomic mass is 10.00. The van der Waals surface area contributed by atoms with Crippen molar-refractivity contribution in [2.24, 2.45) is 0 Å². The topological polar surface area (TPSA) is 77.5 Å². The van der Waals surface area contributed by atoms with E-state index < -0.39 is 11.7 Å². The third-order valence-electron chi connectivity index (χ3n) is 5.57. The van der Waals surface area contributed by atoms with Gasteiger partial charge < -0.3 is 14.8 Å². The molecule has 0 atom stereocenters. The average Bonchev–Trinajstić information content (AvgIpc) is 2.88. The van der Waals surface area contributed by atoms with Crippen LogP contribution in [0.5, 0.6) is 17.2 Å². The van der Waals surface area contributed by atoms with Gasteiger partial charge in [-0.3, -0.25) is 14.6 Å². The lowest BCUT2D eigenvalue weighted by Crippen LogP contribution is -2.18. The molecule has 0 saturated heterocycles. The molecule has 6 nitrogen and oxygen atoms in total. The van der Waals surface area contributed by atoms with Crippen LogP contribution in [0, 0.1) is 0 Å². The molecule has 3 aromatic rings. The summed E-state index contributed by atoms with van der Waals surface area (Å²) in [4.78, 5) is 28.4. The van der Waals surface area contributed by atoms with Gasteiger partial charge in [-0.15, -0.1) is 0 Å². The number of hydrogen-bond donors (Lipinski definition) is 1. The van der Waals surface area contributed by atoms with Gasteiger partial charge in [0, 0.05) is 37.7 Å². The van der Waals surface area contributed by atoms with Crippen LogP contribution in [0.15, 0.2) is 60.8 Å². The van der Waals surface area contributed by atoms with E-state index in [0.717, 1.165) is 30.5 Å². The van der Waals surface area contributed by atoms with Gasteiger partial charge in [0.15, 0.2) is 0 Å². The molecule has 0 fully saturated rings. The lowest BCUT2D eigenvalue weighted by Gasteiger charge is -2.14. The summed E-state index contributed by atoms with van der Waals surface area (Å²) in [6, 6.07) is 13.5. The molecule has 1 amide bonds. The zero-order valence-electron chi connectivity index (χ0n) is 20.7. The quantitative estimate of drug-likeness (QED) is 0.292. The molecule has 0 spiro atoms. The molecule has 0 bridgehead atoms. The number of nitrogens with one attached hydrogen (secondary N) is 1. The number of aromatic nitrogens is 1. The van der Waals surface area contributed by atoms with Gasteiger partial charge >= 0.3 is 6.18 Å². The van der Waals surface area contributed by atoms with Crippen LogP contribution in [0.25, 0.3) is 0 Å². The largest absolute Gasteiger partial charge is 0.493 e. The van der Waals surface area contributed by atoms with E-state index in [4.69, 9.17) is 9.47 Å². The summed E-state index contributed by atoms with van der Waals surface area (Å²) < 4.78 is 51.0. The van der Waals surface area contributed by atoms with E-state index in [1.807, 2.05) is 19.1 Å². The highest BCUT2D eigenvalue weighted by molar-refractivity contribution is 5.92. The Hall–Kier alpha value is -3.88. The average molecular weight is 515 g/mol. The second-order valence-corrected chi connectivity index (χ2v) is 8.44. The Kier molecular flexibility index (Phi) is 9.65. The molecule has 0 saturated carbocycles. The lowest BCUT2D eigenvalue weighted by molar-refractivity contribution is -0.137. The first-order valence-electron chi connectivity index (χ1n) is 12.0. The van der Waals surface area contributed by atoms with Crippen LogP contribution in [-0.2, 0) is 23.8 Å². The predicted molar refractivity (Wildman–Crippen MR) is 133 cm³/mol. The maximum absolute atomic E-state index is 13.2. The number of amides is 1. The van der Waals surface area contributed by atoms with Crippen LogP contribution in [0.2, 0.25) is 0 Å². The number of hydrogen-bond acceptors (Lipinski definition) is 5. The summed E-state index contributed by atoms with van der Waals surface area (Å²) in [6.45, 7) is 2.37. The molecule has 1 aromatic heterocycles. The standard InChI is InChI=1S/C28H29F3N2O4/c1-3-4-15-36-26-12-8-21(28(29,30)31)16-20(26)17-22(34)9-5-19-6-10-23(11-7-19)37-24-13-14-33-25(18-24)27(35)32-2/h6-8,10-14,16,18H,3-5,9,15,17H2,1-2H3,(H,32,35). The Balaban J connectivity index is 1.60. The maximum Gasteiger partial charge on any atom is 0.416 e. The number of ketones is 1. The number of unbranched alkanes of at least 4 members (excludes halogenated alkanes) is 1. The first-order valence-corrected chi connectivity index (χ1v) is 12.0. The molecule has 9 heteroatoms. The van der Waals surface area contributed by atoms with Crippen molar-refractivity contribution in [2.45, 2.75) is 45.2 Å². The molecule has 1 heterocycles. The number of aryl methyl sites for hydroxylation is 1. The fraction of sp³-hybridized carbons (Fsp3) is 0.321. The summed E-state index contributed by atoms with van der Waals surface area (Å²) in [5.41, 5.74) is 0.554. The number of benzene rings is 2. The van der Waals surface area contributed by atoms with E-state index in [9.17, 15) is 22.8 Å². The van der Waals surface area contributed by atoms with Crippen LogP contribution in [0.4, 0.5) is 13.2 Å². The van der Waals surface area contributed by atoms with Crippen molar-refractivity contribution < 1.29 is 32.2 Å². The molecular weight excluding hydrogens is 485 g/mol. The molecular formula is C28H29F3N2O4. The first kappa shape index (κ1) is 27.7. The van der Waals surface area contributed by atoms with E-state index in [1.54, 1.807) is 18.2 Å². The number of Topliss-reactive ketones (excluding diaryl/α,β-unsaturated/α-hetero) is 1. The maximum atomic E-state index is 13.2. The Morgan fingerprint density at radius 2 is 1.76 bits per heavy atom. The van der Waals surface area contributed by atoms with Crippen LogP contribution in [0.1, 0.15) is 53.4 Å². The van der Waals surface area contributed by atoms with Crippen LogP contribution >= 0.6 is 0 Å². The number of halogens is 3. The number of pyridine rings is 1. The SMILES string of the molecule is CCCCOc1ccc(C(F)(F)F)cc1CC(=O)CCc1ccc(Oc2ccnc(C(=O)NC)c2)cc1. The molecule has 0 radical (unpaired) electrons. The number of ether oxygens (including phenoxy) is 2. The highest BCUT2D eigenvalue weighted by Crippen LogP contribution is 2.33. The van der Waals surface area contributed by atoms with E-state index in [-0.39, 0.29) is 35.8 Å². The number of carbonyl (C=O) groups is 2. The van der Waals surface area contributed by atoms with Crippen molar-refractivity contribution in [1.82, 2.24) is 10.3 Å². The highest BCUT2D eigenvalue weighted by Gasteiger charge is 2.31. The number of carbonyl (C=O) groups excluding carboxylic acids is 2. The number of alkyl halides is 3. The van der Waals surface area contributed by atoms with Crippen LogP contribution in [-0.4, -0.2) is 30.3 Å². The molecule has 0 aliphatic heterocycles. The van der Waals surface area contributed by atoms with E-state index in [0.29, 0.717) is 30.3 Å². The highest BCUT2D eigenvalue weighted by atomic mass is 19.4. The van der Waals surface area contributed by atoms with Gasteiger partial charge in [-0.05, 0) is 54.8 Å². The Morgan fingerprint density at radius 3 is 2.43 bits per heavy atom. The molecule has 1 N–H and O–H groups in total. The van der Waals surface area contributed by atoms with Gasteiger partial charge in [0.2, 0.25) is 0 Å². The third kappa shape index (κ3) is 8.34. The molecule has 0 aliphatic carbocycles. The summed E-state index contributed by atoms with van der Waals surface area (Å²) >= 11 is 0. The van der Waals surface area contributed by atoms with Crippen molar-refractivity contribution in [3.63, 3.8) is 0 Å². The van der Waals surface area contributed by atoms with Crippen molar-refractivity contribution in [1.29, 1.82) is 0 Å². The van der Waals surface area contributed by atoms with Crippen LogP contribution < -0.4 is 14.8 Å². The fourth-order valence-corrected chi connectivity index (χ4v) is 3.53. The van der Waals surface area contributed by atoms with E-state index >= 15 is 0 Å². The summed E-state index contributed by atoms with van der Waals surface area (Å²) in [5, 5.41) is 2.50. The van der Waals surface area contributed by atoms with Gasteiger partial charge in [0.05, 0.1) is 12.2 Å². The van der Waals surface area contributed by atoms with Crippen LogP contribution in [0.3, 0.4) is 0 Å². The number of nitrogens with zero attached hydrogens (tertiary/aromatic N) is 1. The predicted octanol–water partition coefficient (Wildman–Crippen LogP) is 6.18. The Labute approximate surface area is 213 Å². The van der Waals surface area contributed by atoms with E-state index in [2.05, 4.69) is 10.3 Å². The second kappa shape index (κ2) is 12.9.